The van der Waals surface area contributed by atoms with Crippen LogP contribution in [0.5, 0.6) is 0 Å². The second kappa shape index (κ2) is 9.78. The molecular formula is C21H31N5O2. The molecule has 152 valence electrons. The van der Waals surface area contributed by atoms with Crippen LogP contribution < -0.4 is 10.6 Å². The lowest BCUT2D eigenvalue weighted by Crippen LogP contribution is -2.40. The molecule has 4 rings (SSSR count). The molecule has 2 aliphatic rings. The Bertz CT molecular complexity index is 728. The van der Waals surface area contributed by atoms with Crippen LogP contribution in [0.2, 0.25) is 0 Å². The molecule has 2 aromatic heterocycles. The van der Waals surface area contributed by atoms with Crippen molar-refractivity contribution < 1.29 is 9.15 Å². The number of guanidine groups is 1. The first-order valence-corrected chi connectivity index (χ1v) is 10.5. The minimum atomic E-state index is 0.554. The number of ether oxygens (including phenoxy) is 1. The van der Waals surface area contributed by atoms with Gasteiger partial charge in [0.15, 0.2) is 5.96 Å². The van der Waals surface area contributed by atoms with Gasteiger partial charge in [-0.15, -0.1) is 0 Å². The average Bonchev–Trinajstić information content (AvgIpc) is 3.50. The second-order valence-electron chi connectivity index (χ2n) is 7.76. The van der Waals surface area contributed by atoms with E-state index in [9.17, 15) is 0 Å². The fraction of sp³-hybridized carbons (Fsp3) is 0.619. The van der Waals surface area contributed by atoms with Gasteiger partial charge in [-0.3, -0.25) is 4.68 Å². The number of aromatic nitrogens is 2. The monoisotopic (exact) mass is 385 g/mol. The van der Waals surface area contributed by atoms with E-state index in [0.717, 1.165) is 56.6 Å². The summed E-state index contributed by atoms with van der Waals surface area (Å²) in [6.07, 6.45) is 10.9. The van der Waals surface area contributed by atoms with Gasteiger partial charge < -0.3 is 19.8 Å². The number of nitrogens with one attached hydrogen (secondary N) is 2. The number of aliphatic imine (C=N–C) groups is 1. The van der Waals surface area contributed by atoms with Crippen LogP contribution in [0.3, 0.4) is 0 Å². The highest BCUT2D eigenvalue weighted by Crippen LogP contribution is 2.28. The van der Waals surface area contributed by atoms with Gasteiger partial charge >= 0.3 is 0 Å². The van der Waals surface area contributed by atoms with E-state index < -0.39 is 0 Å². The molecule has 2 aromatic rings. The van der Waals surface area contributed by atoms with Gasteiger partial charge in [-0.25, -0.2) is 4.99 Å². The minimum absolute atomic E-state index is 0.554. The number of nitrogens with zero attached hydrogens (tertiary/aromatic N) is 3. The standard InChI is InChI=1S/C21H31N5O2/c1-2-5-19(4-1)26-11-8-18(25-26)15-24-21(23-14-17-9-13-27-16-17)22-10-7-20-6-3-12-28-20/h3,6,8,11-12,17,19H,1-2,4-5,7,9-10,13-16H2,(H2,22,23,24). The maximum atomic E-state index is 5.47. The second-order valence-corrected chi connectivity index (χ2v) is 7.76. The number of rotatable bonds is 8. The molecule has 0 aromatic carbocycles. The molecule has 7 nitrogen and oxygen atoms in total. The van der Waals surface area contributed by atoms with E-state index in [1.54, 1.807) is 6.26 Å². The summed E-state index contributed by atoms with van der Waals surface area (Å²) >= 11 is 0. The maximum Gasteiger partial charge on any atom is 0.191 e. The summed E-state index contributed by atoms with van der Waals surface area (Å²) in [6.45, 7) is 3.93. The fourth-order valence-electron chi connectivity index (χ4n) is 3.91. The molecule has 1 atom stereocenters. The predicted molar refractivity (Wildman–Crippen MR) is 108 cm³/mol. The first-order valence-electron chi connectivity index (χ1n) is 10.5. The highest BCUT2D eigenvalue weighted by atomic mass is 16.5. The molecule has 0 radical (unpaired) electrons. The van der Waals surface area contributed by atoms with Gasteiger partial charge in [0.1, 0.15) is 5.76 Å². The van der Waals surface area contributed by atoms with Crippen LogP contribution in [0, 0.1) is 5.92 Å². The third-order valence-electron chi connectivity index (χ3n) is 5.59. The Labute approximate surface area is 166 Å². The fourth-order valence-corrected chi connectivity index (χ4v) is 3.91. The first-order chi connectivity index (χ1) is 13.9. The molecule has 2 N–H and O–H groups in total. The lowest BCUT2D eigenvalue weighted by atomic mass is 10.1. The zero-order valence-electron chi connectivity index (χ0n) is 16.5. The minimum Gasteiger partial charge on any atom is -0.469 e. The predicted octanol–water partition coefficient (Wildman–Crippen LogP) is 2.91. The summed E-state index contributed by atoms with van der Waals surface area (Å²) in [7, 11) is 0. The topological polar surface area (TPSA) is 76.6 Å². The van der Waals surface area contributed by atoms with Crippen LogP contribution in [0.1, 0.15) is 49.6 Å². The lowest BCUT2D eigenvalue weighted by molar-refractivity contribution is 0.186. The Morgan fingerprint density at radius 1 is 1.21 bits per heavy atom. The highest BCUT2D eigenvalue weighted by Gasteiger charge is 2.18. The summed E-state index contributed by atoms with van der Waals surface area (Å²) in [5.41, 5.74) is 1.02. The van der Waals surface area contributed by atoms with Crippen LogP contribution in [0.4, 0.5) is 0 Å². The van der Waals surface area contributed by atoms with Crippen LogP contribution in [-0.4, -0.2) is 42.0 Å². The van der Waals surface area contributed by atoms with Gasteiger partial charge in [0, 0.05) is 38.2 Å². The molecule has 1 saturated heterocycles. The van der Waals surface area contributed by atoms with E-state index in [2.05, 4.69) is 27.6 Å². The average molecular weight is 386 g/mol. The van der Waals surface area contributed by atoms with Crippen molar-refractivity contribution in [3.05, 3.63) is 42.1 Å². The van der Waals surface area contributed by atoms with Gasteiger partial charge in [0.2, 0.25) is 0 Å². The zero-order valence-corrected chi connectivity index (χ0v) is 16.5. The van der Waals surface area contributed by atoms with E-state index >= 15 is 0 Å². The third-order valence-corrected chi connectivity index (χ3v) is 5.59. The van der Waals surface area contributed by atoms with Crippen molar-refractivity contribution in [3.8, 4) is 0 Å². The summed E-state index contributed by atoms with van der Waals surface area (Å²) in [5, 5.41) is 11.6. The van der Waals surface area contributed by atoms with Crippen molar-refractivity contribution >= 4 is 5.96 Å². The molecule has 1 unspecified atom stereocenters. The van der Waals surface area contributed by atoms with Gasteiger partial charge in [-0.05, 0) is 37.5 Å². The van der Waals surface area contributed by atoms with Crippen molar-refractivity contribution in [2.45, 2.75) is 51.1 Å². The Morgan fingerprint density at radius 2 is 2.14 bits per heavy atom. The molecular weight excluding hydrogens is 354 g/mol. The molecule has 0 bridgehead atoms. The van der Waals surface area contributed by atoms with Gasteiger partial charge in [0.25, 0.3) is 0 Å². The lowest BCUT2D eigenvalue weighted by Gasteiger charge is -2.14. The Morgan fingerprint density at radius 3 is 2.93 bits per heavy atom. The van der Waals surface area contributed by atoms with Gasteiger partial charge in [-0.2, -0.15) is 5.10 Å². The molecule has 0 amide bonds. The van der Waals surface area contributed by atoms with Crippen LogP contribution >= 0.6 is 0 Å². The smallest absolute Gasteiger partial charge is 0.191 e. The molecule has 2 fully saturated rings. The van der Waals surface area contributed by atoms with Crippen LogP contribution in [0.15, 0.2) is 40.1 Å². The summed E-state index contributed by atoms with van der Waals surface area (Å²) in [6, 6.07) is 6.58. The van der Waals surface area contributed by atoms with Crippen molar-refractivity contribution in [2.75, 3.05) is 26.3 Å². The van der Waals surface area contributed by atoms with Crippen LogP contribution in [-0.2, 0) is 17.7 Å². The molecule has 7 heteroatoms. The van der Waals surface area contributed by atoms with Gasteiger partial charge in [-0.1, -0.05) is 12.8 Å². The van der Waals surface area contributed by atoms with E-state index in [1.165, 1.54) is 25.7 Å². The van der Waals surface area contributed by atoms with Crippen molar-refractivity contribution in [1.29, 1.82) is 0 Å². The molecule has 1 aliphatic carbocycles. The van der Waals surface area contributed by atoms with Crippen molar-refractivity contribution in [3.63, 3.8) is 0 Å². The van der Waals surface area contributed by atoms with E-state index in [0.29, 0.717) is 18.5 Å². The Balaban J connectivity index is 1.32. The molecule has 1 aliphatic heterocycles. The summed E-state index contributed by atoms with van der Waals surface area (Å²) in [5.74, 6) is 2.36. The highest BCUT2D eigenvalue weighted by molar-refractivity contribution is 5.79. The number of hydrogen-bond acceptors (Lipinski definition) is 4. The Hall–Kier alpha value is -2.28. The SMILES string of the molecule is c1coc(CCNC(=NCc2ccn(C3CCCC3)n2)NCC2CCOC2)c1. The Kier molecular flexibility index (Phi) is 6.65. The van der Waals surface area contributed by atoms with Crippen molar-refractivity contribution in [2.24, 2.45) is 10.9 Å². The normalized spacial score (nSPS) is 20.7. The molecule has 1 saturated carbocycles. The van der Waals surface area contributed by atoms with E-state index in [1.807, 2.05) is 12.1 Å². The van der Waals surface area contributed by atoms with Crippen molar-refractivity contribution in [1.82, 2.24) is 20.4 Å². The largest absolute Gasteiger partial charge is 0.469 e. The molecule has 0 spiro atoms. The van der Waals surface area contributed by atoms with E-state index in [-0.39, 0.29) is 0 Å². The maximum absolute atomic E-state index is 5.47. The van der Waals surface area contributed by atoms with Crippen LogP contribution in [0.25, 0.3) is 0 Å². The third kappa shape index (κ3) is 5.38. The summed E-state index contributed by atoms with van der Waals surface area (Å²) in [4.78, 5) is 4.76. The van der Waals surface area contributed by atoms with Gasteiger partial charge in [0.05, 0.1) is 31.2 Å². The molecule has 3 heterocycles. The zero-order chi connectivity index (χ0) is 19.0. The summed E-state index contributed by atoms with van der Waals surface area (Å²) < 4.78 is 13.0. The first kappa shape index (κ1) is 19.1. The molecule has 28 heavy (non-hydrogen) atoms. The number of hydrogen-bond donors (Lipinski definition) is 2. The van der Waals surface area contributed by atoms with E-state index in [4.69, 9.17) is 19.2 Å². The quantitative estimate of drug-likeness (QED) is 0.540. The number of furan rings is 1.